The Hall–Kier alpha value is -0.960. The minimum absolute atomic E-state index is 1.03. The Morgan fingerprint density at radius 3 is 3.13 bits per heavy atom. The summed E-state index contributed by atoms with van der Waals surface area (Å²) in [6.45, 7) is 2.23. The Balaban J connectivity index is 1.97. The van der Waals surface area contributed by atoms with Gasteiger partial charge < -0.3 is 4.40 Å². The number of unbranched alkanes of at least 4 members (excludes halogenated alkanes) is 1. The highest BCUT2D eigenvalue weighted by molar-refractivity contribution is 7.98. The predicted molar refractivity (Wildman–Crippen MR) is 66.3 cm³/mol. The van der Waals surface area contributed by atoms with E-state index in [1.165, 1.54) is 24.3 Å². The number of nitrogens with zero attached hydrogens (tertiary/aromatic N) is 2. The van der Waals surface area contributed by atoms with E-state index in [4.69, 9.17) is 0 Å². The van der Waals surface area contributed by atoms with E-state index in [9.17, 15) is 0 Å². The third-order valence-corrected chi connectivity index (χ3v) is 3.38. The molecule has 3 heteroatoms. The van der Waals surface area contributed by atoms with E-state index in [1.54, 1.807) is 0 Å². The van der Waals surface area contributed by atoms with E-state index in [1.807, 2.05) is 36.2 Å². The number of thioether (sulfide) groups is 1. The predicted octanol–water partition coefficient (Wildman–Crippen LogP) is 3.37. The maximum Gasteiger partial charge on any atom is 0.137 e. The lowest BCUT2D eigenvalue weighted by atomic mass is 10.4. The highest BCUT2D eigenvalue weighted by Crippen LogP contribution is 2.13. The van der Waals surface area contributed by atoms with Crippen LogP contribution in [-0.4, -0.2) is 15.1 Å². The summed E-state index contributed by atoms with van der Waals surface area (Å²) in [5.74, 6) is 2.27. The fourth-order valence-electron chi connectivity index (χ4n) is 1.48. The molecule has 0 amide bonds. The maximum atomic E-state index is 4.55. The van der Waals surface area contributed by atoms with Crippen molar-refractivity contribution in [1.29, 1.82) is 0 Å². The number of hydrogen-bond donors (Lipinski definition) is 0. The van der Waals surface area contributed by atoms with Crippen LogP contribution in [0.3, 0.4) is 0 Å². The third-order valence-electron chi connectivity index (χ3n) is 2.31. The fraction of sp³-hybridized carbons (Fsp3) is 0.417. The number of imidazole rings is 1. The van der Waals surface area contributed by atoms with Crippen molar-refractivity contribution in [2.45, 2.75) is 25.5 Å². The van der Waals surface area contributed by atoms with Crippen LogP contribution >= 0.6 is 11.8 Å². The first kappa shape index (κ1) is 10.6. The van der Waals surface area contributed by atoms with Gasteiger partial charge in [-0.2, -0.15) is 11.8 Å². The van der Waals surface area contributed by atoms with Crippen LogP contribution in [0.15, 0.2) is 30.6 Å². The molecule has 0 aliphatic carbocycles. The standard InChI is InChI=1S/C12H16N2S/c1-2-3-8-15-10-11-9-14-7-5-4-6-12(14)13-11/h4-7,9H,2-3,8,10H2,1H3. The zero-order chi connectivity index (χ0) is 10.5. The molecule has 15 heavy (non-hydrogen) atoms. The van der Waals surface area contributed by atoms with Crippen molar-refractivity contribution in [3.63, 3.8) is 0 Å². The minimum atomic E-state index is 1.03. The summed E-state index contributed by atoms with van der Waals surface area (Å²) in [7, 11) is 0. The van der Waals surface area contributed by atoms with Gasteiger partial charge in [0.15, 0.2) is 0 Å². The highest BCUT2D eigenvalue weighted by Gasteiger charge is 1.99. The summed E-state index contributed by atoms with van der Waals surface area (Å²) in [6.07, 6.45) is 6.74. The Kier molecular flexibility index (Phi) is 3.67. The molecule has 0 aromatic carbocycles. The van der Waals surface area contributed by atoms with Crippen LogP contribution in [0, 0.1) is 0 Å². The molecule has 0 N–H and O–H groups in total. The molecule has 2 rings (SSSR count). The van der Waals surface area contributed by atoms with Crippen molar-refractivity contribution >= 4 is 17.4 Å². The van der Waals surface area contributed by atoms with Crippen LogP contribution in [0.1, 0.15) is 25.5 Å². The van der Waals surface area contributed by atoms with Crippen molar-refractivity contribution in [3.8, 4) is 0 Å². The molecule has 0 aliphatic heterocycles. The van der Waals surface area contributed by atoms with Crippen molar-refractivity contribution in [1.82, 2.24) is 9.38 Å². The molecular weight excluding hydrogens is 204 g/mol. The van der Waals surface area contributed by atoms with Crippen LogP contribution in [0.4, 0.5) is 0 Å². The molecule has 0 fully saturated rings. The molecule has 0 unspecified atom stereocenters. The maximum absolute atomic E-state index is 4.55. The van der Waals surface area contributed by atoms with Crippen molar-refractivity contribution in [3.05, 3.63) is 36.3 Å². The van der Waals surface area contributed by atoms with Gasteiger partial charge in [0, 0.05) is 18.1 Å². The van der Waals surface area contributed by atoms with E-state index < -0.39 is 0 Å². The third kappa shape index (κ3) is 2.75. The quantitative estimate of drug-likeness (QED) is 0.719. The van der Waals surface area contributed by atoms with Gasteiger partial charge in [-0.15, -0.1) is 0 Å². The molecule has 2 nitrogen and oxygen atoms in total. The van der Waals surface area contributed by atoms with Crippen LogP contribution in [0.5, 0.6) is 0 Å². The monoisotopic (exact) mass is 220 g/mol. The Morgan fingerprint density at radius 2 is 2.33 bits per heavy atom. The molecule has 2 aromatic heterocycles. The van der Waals surface area contributed by atoms with Crippen molar-refractivity contribution < 1.29 is 0 Å². The molecule has 0 atom stereocenters. The Labute approximate surface area is 94.7 Å². The van der Waals surface area contributed by atoms with Crippen LogP contribution in [0.2, 0.25) is 0 Å². The number of pyridine rings is 1. The van der Waals surface area contributed by atoms with Gasteiger partial charge in [-0.25, -0.2) is 4.98 Å². The second-order valence-electron chi connectivity index (χ2n) is 3.60. The molecule has 0 saturated carbocycles. The Morgan fingerprint density at radius 1 is 1.40 bits per heavy atom. The van der Waals surface area contributed by atoms with Crippen LogP contribution in [-0.2, 0) is 5.75 Å². The fourth-order valence-corrected chi connectivity index (χ4v) is 2.47. The van der Waals surface area contributed by atoms with Crippen LogP contribution < -0.4 is 0 Å². The minimum Gasteiger partial charge on any atom is -0.307 e. The first-order chi connectivity index (χ1) is 7.40. The van der Waals surface area contributed by atoms with Gasteiger partial charge in [-0.1, -0.05) is 19.4 Å². The second-order valence-corrected chi connectivity index (χ2v) is 4.71. The smallest absolute Gasteiger partial charge is 0.137 e. The van der Waals surface area contributed by atoms with E-state index in [0.29, 0.717) is 0 Å². The lowest BCUT2D eigenvalue weighted by Gasteiger charge is -1.95. The topological polar surface area (TPSA) is 17.3 Å². The molecule has 2 aromatic rings. The molecule has 0 radical (unpaired) electrons. The molecule has 0 bridgehead atoms. The SMILES string of the molecule is CCCCSCc1cn2ccccc2n1. The molecule has 0 aliphatic rings. The highest BCUT2D eigenvalue weighted by atomic mass is 32.2. The van der Waals surface area contributed by atoms with Crippen LogP contribution in [0.25, 0.3) is 5.65 Å². The van der Waals surface area contributed by atoms with E-state index in [-0.39, 0.29) is 0 Å². The zero-order valence-electron chi connectivity index (χ0n) is 9.02. The number of rotatable bonds is 5. The molecule has 0 saturated heterocycles. The number of aromatic nitrogens is 2. The molecule has 80 valence electrons. The molecular formula is C12H16N2S. The van der Waals surface area contributed by atoms with E-state index >= 15 is 0 Å². The van der Waals surface area contributed by atoms with Gasteiger partial charge in [0.1, 0.15) is 5.65 Å². The van der Waals surface area contributed by atoms with Gasteiger partial charge in [0.2, 0.25) is 0 Å². The number of fused-ring (bicyclic) bond motifs is 1. The average Bonchev–Trinajstić information content (AvgIpc) is 2.67. The first-order valence-corrected chi connectivity index (χ1v) is 6.56. The summed E-state index contributed by atoms with van der Waals surface area (Å²) < 4.78 is 2.08. The summed E-state index contributed by atoms with van der Waals surface area (Å²) in [6, 6.07) is 6.10. The largest absolute Gasteiger partial charge is 0.307 e. The second kappa shape index (κ2) is 5.21. The average molecular weight is 220 g/mol. The molecule has 0 spiro atoms. The summed E-state index contributed by atoms with van der Waals surface area (Å²) in [5.41, 5.74) is 2.23. The molecule has 2 heterocycles. The summed E-state index contributed by atoms with van der Waals surface area (Å²) >= 11 is 1.97. The lowest BCUT2D eigenvalue weighted by molar-refractivity contribution is 0.896. The van der Waals surface area contributed by atoms with Gasteiger partial charge in [-0.3, -0.25) is 0 Å². The summed E-state index contributed by atoms with van der Waals surface area (Å²) in [5, 5.41) is 0. The lowest BCUT2D eigenvalue weighted by Crippen LogP contribution is -1.82. The van der Waals surface area contributed by atoms with E-state index in [0.717, 1.165) is 11.4 Å². The zero-order valence-corrected chi connectivity index (χ0v) is 9.83. The van der Waals surface area contributed by atoms with Gasteiger partial charge in [0.25, 0.3) is 0 Å². The van der Waals surface area contributed by atoms with Gasteiger partial charge in [0.05, 0.1) is 5.69 Å². The number of hydrogen-bond acceptors (Lipinski definition) is 2. The van der Waals surface area contributed by atoms with E-state index in [2.05, 4.69) is 22.5 Å². The van der Waals surface area contributed by atoms with Gasteiger partial charge in [-0.05, 0) is 24.3 Å². The Bertz CT molecular complexity index is 389. The normalized spacial score (nSPS) is 11.0. The summed E-state index contributed by atoms with van der Waals surface area (Å²) in [4.78, 5) is 4.55. The first-order valence-electron chi connectivity index (χ1n) is 5.40. The van der Waals surface area contributed by atoms with Gasteiger partial charge >= 0.3 is 0 Å². The van der Waals surface area contributed by atoms with Crippen molar-refractivity contribution in [2.75, 3.05) is 5.75 Å². The van der Waals surface area contributed by atoms with Crippen molar-refractivity contribution in [2.24, 2.45) is 0 Å².